The molecule has 13 heavy (non-hydrogen) atoms. The molecule has 0 bridgehead atoms. The molecule has 1 N–H and O–H groups in total. The lowest BCUT2D eigenvalue weighted by atomic mass is 10.1. The van der Waals surface area contributed by atoms with Gasteiger partial charge in [0.1, 0.15) is 5.78 Å². The number of carboxylic acids is 1. The number of carboxylic acid groups (broad SMARTS) is 1. The van der Waals surface area contributed by atoms with Gasteiger partial charge in [-0.2, -0.15) is 5.10 Å². The molecular formula is C8H10N2O3. The van der Waals surface area contributed by atoms with E-state index in [1.807, 2.05) is 0 Å². The van der Waals surface area contributed by atoms with Crippen molar-refractivity contribution in [2.75, 3.05) is 0 Å². The van der Waals surface area contributed by atoms with Crippen LogP contribution in [-0.2, 0) is 18.3 Å². The first-order valence-electron chi connectivity index (χ1n) is 3.76. The quantitative estimate of drug-likeness (QED) is 0.727. The van der Waals surface area contributed by atoms with Crippen LogP contribution in [0.25, 0.3) is 0 Å². The number of rotatable bonds is 3. The average molecular weight is 182 g/mol. The van der Waals surface area contributed by atoms with Crippen molar-refractivity contribution in [3.8, 4) is 0 Å². The van der Waals surface area contributed by atoms with Crippen LogP contribution in [0.5, 0.6) is 0 Å². The zero-order chi connectivity index (χ0) is 10.0. The number of aromatic carboxylic acids is 1. The Morgan fingerprint density at radius 1 is 1.62 bits per heavy atom. The number of Topliss-reactive ketones (excluding diaryl/α,β-unsaturated/α-hetero) is 1. The van der Waals surface area contributed by atoms with E-state index in [1.54, 1.807) is 13.2 Å². The van der Waals surface area contributed by atoms with E-state index in [9.17, 15) is 9.59 Å². The summed E-state index contributed by atoms with van der Waals surface area (Å²) in [4.78, 5) is 21.4. The fourth-order valence-corrected chi connectivity index (χ4v) is 1.12. The van der Waals surface area contributed by atoms with Crippen molar-refractivity contribution in [1.29, 1.82) is 0 Å². The summed E-state index contributed by atoms with van der Waals surface area (Å²) in [6.45, 7) is 1.42. The molecule has 1 aromatic rings. The largest absolute Gasteiger partial charge is 0.476 e. The van der Waals surface area contributed by atoms with Crippen LogP contribution in [0.3, 0.4) is 0 Å². The zero-order valence-corrected chi connectivity index (χ0v) is 7.44. The first kappa shape index (κ1) is 9.44. The molecule has 5 nitrogen and oxygen atoms in total. The van der Waals surface area contributed by atoms with Gasteiger partial charge in [-0.05, 0) is 6.92 Å². The highest BCUT2D eigenvalue weighted by molar-refractivity contribution is 5.89. The van der Waals surface area contributed by atoms with Crippen molar-refractivity contribution in [1.82, 2.24) is 9.78 Å². The Morgan fingerprint density at radius 3 is 2.69 bits per heavy atom. The van der Waals surface area contributed by atoms with Gasteiger partial charge in [0, 0.05) is 25.2 Å². The van der Waals surface area contributed by atoms with Gasteiger partial charge in [-0.3, -0.25) is 9.48 Å². The third-order valence-corrected chi connectivity index (χ3v) is 1.55. The average Bonchev–Trinajstić information content (AvgIpc) is 2.29. The minimum Gasteiger partial charge on any atom is -0.476 e. The summed E-state index contributed by atoms with van der Waals surface area (Å²) >= 11 is 0. The minimum absolute atomic E-state index is 0.0438. The molecule has 0 fully saturated rings. The van der Waals surface area contributed by atoms with Crippen molar-refractivity contribution >= 4 is 11.8 Å². The maximum absolute atomic E-state index is 10.8. The fourth-order valence-electron chi connectivity index (χ4n) is 1.12. The normalized spacial score (nSPS) is 10.0. The molecule has 0 aliphatic carbocycles. The number of carbonyl (C=O) groups is 2. The maximum atomic E-state index is 10.8. The van der Waals surface area contributed by atoms with Crippen LogP contribution in [-0.4, -0.2) is 26.6 Å². The predicted octanol–water partition coefficient (Wildman–Crippen LogP) is 0.250. The van der Waals surface area contributed by atoms with E-state index in [2.05, 4.69) is 5.10 Å². The van der Waals surface area contributed by atoms with E-state index in [-0.39, 0.29) is 17.9 Å². The Balaban J connectivity index is 3.04. The van der Waals surface area contributed by atoms with Crippen molar-refractivity contribution in [3.05, 3.63) is 17.5 Å². The van der Waals surface area contributed by atoms with Crippen molar-refractivity contribution in [3.63, 3.8) is 0 Å². The molecule has 0 aromatic carbocycles. The molecule has 1 aromatic heterocycles. The summed E-state index contributed by atoms with van der Waals surface area (Å²) in [7, 11) is 1.62. The summed E-state index contributed by atoms with van der Waals surface area (Å²) in [6.07, 6.45) is 1.67. The van der Waals surface area contributed by atoms with Crippen LogP contribution in [0.4, 0.5) is 0 Å². The highest BCUT2D eigenvalue weighted by Crippen LogP contribution is 2.07. The second-order valence-corrected chi connectivity index (χ2v) is 2.86. The Kier molecular flexibility index (Phi) is 2.46. The Labute approximate surface area is 75.0 Å². The van der Waals surface area contributed by atoms with Crippen LogP contribution >= 0.6 is 0 Å². The molecule has 0 unspecified atom stereocenters. The van der Waals surface area contributed by atoms with Crippen LogP contribution in [0, 0.1) is 0 Å². The van der Waals surface area contributed by atoms with Crippen molar-refractivity contribution < 1.29 is 14.7 Å². The van der Waals surface area contributed by atoms with Gasteiger partial charge in [0.15, 0.2) is 5.69 Å². The number of carbonyl (C=O) groups excluding carboxylic acids is 1. The van der Waals surface area contributed by atoms with Crippen LogP contribution in [0.15, 0.2) is 6.20 Å². The summed E-state index contributed by atoms with van der Waals surface area (Å²) in [6, 6.07) is 0. The molecule has 0 saturated heterocycles. The standard InChI is InChI=1S/C8H10N2O3/c1-5(11)3-6-4-10(2)9-7(6)8(12)13/h4H,3H2,1-2H3,(H,12,13). The molecule has 0 amide bonds. The molecule has 0 saturated carbocycles. The molecule has 0 aliphatic rings. The number of hydrogen-bond acceptors (Lipinski definition) is 3. The summed E-state index contributed by atoms with van der Waals surface area (Å²) in [5, 5.41) is 12.4. The number of ketones is 1. The second kappa shape index (κ2) is 3.38. The van der Waals surface area contributed by atoms with Gasteiger partial charge in [0.2, 0.25) is 0 Å². The Bertz CT molecular complexity index is 354. The molecule has 0 atom stereocenters. The summed E-state index contributed by atoms with van der Waals surface area (Å²) in [5.41, 5.74) is 0.417. The predicted molar refractivity (Wildman–Crippen MR) is 44.6 cm³/mol. The number of aromatic nitrogens is 2. The third-order valence-electron chi connectivity index (χ3n) is 1.55. The molecule has 70 valence electrons. The van der Waals surface area contributed by atoms with E-state index >= 15 is 0 Å². The van der Waals surface area contributed by atoms with Crippen LogP contribution in [0.2, 0.25) is 0 Å². The van der Waals surface area contributed by atoms with Crippen LogP contribution < -0.4 is 0 Å². The lowest BCUT2D eigenvalue weighted by molar-refractivity contribution is -0.116. The van der Waals surface area contributed by atoms with E-state index in [0.717, 1.165) is 0 Å². The van der Waals surface area contributed by atoms with Gasteiger partial charge in [0.25, 0.3) is 0 Å². The first-order valence-corrected chi connectivity index (χ1v) is 3.76. The molecule has 1 rings (SSSR count). The minimum atomic E-state index is -1.10. The maximum Gasteiger partial charge on any atom is 0.356 e. The SMILES string of the molecule is CC(=O)Cc1cn(C)nc1C(=O)O. The van der Waals surface area contributed by atoms with Gasteiger partial charge in [-0.25, -0.2) is 4.79 Å². The molecular weight excluding hydrogens is 172 g/mol. The lowest BCUT2D eigenvalue weighted by Crippen LogP contribution is -2.04. The number of nitrogens with zero attached hydrogens (tertiary/aromatic N) is 2. The van der Waals surface area contributed by atoms with E-state index in [4.69, 9.17) is 5.11 Å². The molecule has 0 radical (unpaired) electrons. The van der Waals surface area contributed by atoms with Gasteiger partial charge in [0.05, 0.1) is 0 Å². The van der Waals surface area contributed by atoms with Gasteiger partial charge in [-0.1, -0.05) is 0 Å². The smallest absolute Gasteiger partial charge is 0.356 e. The molecule has 0 spiro atoms. The summed E-state index contributed by atoms with van der Waals surface area (Å²) < 4.78 is 1.39. The van der Waals surface area contributed by atoms with Crippen molar-refractivity contribution in [2.24, 2.45) is 7.05 Å². The van der Waals surface area contributed by atoms with E-state index in [0.29, 0.717) is 5.56 Å². The first-order chi connectivity index (χ1) is 6.00. The number of aryl methyl sites for hydroxylation is 1. The highest BCUT2D eigenvalue weighted by atomic mass is 16.4. The topological polar surface area (TPSA) is 72.2 Å². The van der Waals surface area contributed by atoms with E-state index < -0.39 is 5.97 Å². The van der Waals surface area contributed by atoms with E-state index in [1.165, 1.54) is 11.6 Å². The second-order valence-electron chi connectivity index (χ2n) is 2.86. The fraction of sp³-hybridized carbons (Fsp3) is 0.375. The Hall–Kier alpha value is -1.65. The molecule has 5 heteroatoms. The number of hydrogen-bond donors (Lipinski definition) is 1. The van der Waals surface area contributed by atoms with Gasteiger partial charge in [-0.15, -0.1) is 0 Å². The van der Waals surface area contributed by atoms with Gasteiger partial charge >= 0.3 is 5.97 Å². The lowest BCUT2D eigenvalue weighted by Gasteiger charge is -1.92. The summed E-state index contributed by atoms with van der Waals surface area (Å²) in [5.74, 6) is -1.17. The zero-order valence-electron chi connectivity index (χ0n) is 7.44. The van der Waals surface area contributed by atoms with Gasteiger partial charge < -0.3 is 5.11 Å². The Morgan fingerprint density at radius 2 is 2.23 bits per heavy atom. The molecule has 0 aliphatic heterocycles. The van der Waals surface area contributed by atoms with Crippen LogP contribution in [0.1, 0.15) is 23.0 Å². The molecule has 1 heterocycles. The highest BCUT2D eigenvalue weighted by Gasteiger charge is 2.15. The third kappa shape index (κ3) is 2.14. The van der Waals surface area contributed by atoms with Crippen molar-refractivity contribution in [2.45, 2.75) is 13.3 Å². The monoisotopic (exact) mass is 182 g/mol.